The van der Waals surface area contributed by atoms with Gasteiger partial charge in [-0.15, -0.1) is 11.3 Å². The van der Waals surface area contributed by atoms with E-state index in [2.05, 4.69) is 9.71 Å². The van der Waals surface area contributed by atoms with Crippen LogP contribution in [0.2, 0.25) is 0 Å². The molecule has 8 heteroatoms. The zero-order valence-electron chi connectivity index (χ0n) is 11.4. The van der Waals surface area contributed by atoms with Crippen molar-refractivity contribution in [3.05, 3.63) is 40.3 Å². The van der Waals surface area contributed by atoms with Crippen molar-refractivity contribution in [2.75, 3.05) is 13.2 Å². The number of thiazole rings is 1. The van der Waals surface area contributed by atoms with Crippen molar-refractivity contribution in [2.24, 2.45) is 0 Å². The summed E-state index contributed by atoms with van der Waals surface area (Å²) in [5.74, 6) is 0.513. The molecule has 2 aromatic rings. The van der Waals surface area contributed by atoms with Gasteiger partial charge in [-0.3, -0.25) is 0 Å². The number of hydrogen-bond acceptors (Lipinski definition) is 6. The van der Waals surface area contributed by atoms with Crippen molar-refractivity contribution >= 4 is 21.4 Å². The Hall–Kier alpha value is -1.48. The molecule has 0 aliphatic carbocycles. The molecule has 0 aliphatic heterocycles. The zero-order valence-corrected chi connectivity index (χ0v) is 13.1. The van der Waals surface area contributed by atoms with Crippen LogP contribution < -0.4 is 9.46 Å². The van der Waals surface area contributed by atoms with Crippen LogP contribution >= 0.6 is 11.3 Å². The number of aliphatic hydroxyl groups excluding tert-OH is 1. The molecule has 21 heavy (non-hydrogen) atoms. The van der Waals surface area contributed by atoms with Crippen LogP contribution in [0.1, 0.15) is 9.88 Å². The molecule has 1 aromatic heterocycles. The summed E-state index contributed by atoms with van der Waals surface area (Å²) in [5.41, 5.74) is 0. The summed E-state index contributed by atoms with van der Waals surface area (Å²) < 4.78 is 31.9. The van der Waals surface area contributed by atoms with Gasteiger partial charge in [0.2, 0.25) is 10.0 Å². The maximum absolute atomic E-state index is 12.1. The molecule has 0 fully saturated rings. The van der Waals surface area contributed by atoms with Crippen molar-refractivity contribution in [1.29, 1.82) is 0 Å². The Kier molecular flexibility index (Phi) is 5.29. The van der Waals surface area contributed by atoms with Crippen LogP contribution in [0, 0.1) is 6.92 Å². The van der Waals surface area contributed by atoms with Gasteiger partial charge < -0.3 is 9.84 Å². The van der Waals surface area contributed by atoms with Crippen molar-refractivity contribution in [1.82, 2.24) is 9.71 Å². The van der Waals surface area contributed by atoms with Gasteiger partial charge in [-0.2, -0.15) is 0 Å². The molecule has 0 radical (unpaired) electrons. The van der Waals surface area contributed by atoms with Gasteiger partial charge in [-0.1, -0.05) is 0 Å². The molecule has 2 rings (SSSR count). The van der Waals surface area contributed by atoms with E-state index in [1.165, 1.54) is 23.5 Å². The number of benzene rings is 1. The molecule has 0 atom stereocenters. The number of aromatic nitrogens is 1. The Morgan fingerprint density at radius 2 is 2.05 bits per heavy atom. The smallest absolute Gasteiger partial charge is 0.240 e. The summed E-state index contributed by atoms with van der Waals surface area (Å²) in [6.07, 6.45) is 1.71. The molecule has 1 heterocycles. The Bertz CT molecular complexity index is 680. The highest BCUT2D eigenvalue weighted by molar-refractivity contribution is 7.89. The van der Waals surface area contributed by atoms with Crippen molar-refractivity contribution in [3.8, 4) is 5.75 Å². The lowest BCUT2D eigenvalue weighted by atomic mass is 10.3. The molecule has 114 valence electrons. The predicted octanol–water partition coefficient (Wildman–Crippen LogP) is 1.30. The fraction of sp³-hybridized carbons (Fsp3) is 0.308. The van der Waals surface area contributed by atoms with E-state index in [9.17, 15) is 8.42 Å². The lowest BCUT2D eigenvalue weighted by molar-refractivity contribution is 0.201. The minimum absolute atomic E-state index is 0.0885. The van der Waals surface area contributed by atoms with Crippen molar-refractivity contribution < 1.29 is 18.3 Å². The van der Waals surface area contributed by atoms with E-state index in [4.69, 9.17) is 9.84 Å². The Balaban J connectivity index is 2.01. The van der Waals surface area contributed by atoms with Crippen molar-refractivity contribution in [2.45, 2.75) is 18.4 Å². The summed E-state index contributed by atoms with van der Waals surface area (Å²) in [5, 5.41) is 9.38. The van der Waals surface area contributed by atoms with E-state index in [-0.39, 0.29) is 24.7 Å². The number of hydrogen-bond donors (Lipinski definition) is 2. The van der Waals surface area contributed by atoms with Gasteiger partial charge in [0.25, 0.3) is 0 Å². The monoisotopic (exact) mass is 328 g/mol. The van der Waals surface area contributed by atoms with Gasteiger partial charge in [0, 0.05) is 11.1 Å². The lowest BCUT2D eigenvalue weighted by Gasteiger charge is -2.07. The predicted molar refractivity (Wildman–Crippen MR) is 79.9 cm³/mol. The van der Waals surface area contributed by atoms with Gasteiger partial charge in [-0.05, 0) is 31.2 Å². The molecule has 2 N–H and O–H groups in total. The Labute approximate surface area is 127 Å². The first-order valence-corrected chi connectivity index (χ1v) is 8.56. The van der Waals surface area contributed by atoms with Crippen LogP contribution in [0.5, 0.6) is 5.75 Å². The summed E-state index contributed by atoms with van der Waals surface area (Å²) in [7, 11) is -3.57. The molecule has 0 amide bonds. The molecule has 1 aromatic carbocycles. The van der Waals surface area contributed by atoms with Crippen LogP contribution in [-0.2, 0) is 16.6 Å². The van der Waals surface area contributed by atoms with E-state index in [0.29, 0.717) is 5.75 Å². The standard InChI is InChI=1S/C13H16N2O4S2/c1-10-8-14-13(20-10)9-15-21(17,18)12-4-2-11(3-5-12)19-7-6-16/h2-5,8,15-16H,6-7,9H2,1H3. The topological polar surface area (TPSA) is 88.5 Å². The highest BCUT2D eigenvalue weighted by Gasteiger charge is 2.14. The Morgan fingerprint density at radius 1 is 1.33 bits per heavy atom. The third kappa shape index (κ3) is 4.50. The number of nitrogens with zero attached hydrogens (tertiary/aromatic N) is 1. The fourth-order valence-corrected chi connectivity index (χ4v) is 3.41. The van der Waals surface area contributed by atoms with Gasteiger partial charge in [-0.25, -0.2) is 18.1 Å². The van der Waals surface area contributed by atoms with E-state index in [1.807, 2.05) is 6.92 Å². The van der Waals surface area contributed by atoms with Gasteiger partial charge in [0.15, 0.2) is 0 Å². The summed E-state index contributed by atoms with van der Waals surface area (Å²) in [6, 6.07) is 6.03. The number of nitrogens with one attached hydrogen (secondary N) is 1. The van der Waals surface area contributed by atoms with Crippen molar-refractivity contribution in [3.63, 3.8) is 0 Å². The number of ether oxygens (including phenoxy) is 1. The second-order valence-electron chi connectivity index (χ2n) is 4.23. The second kappa shape index (κ2) is 6.99. The van der Waals surface area contributed by atoms with Crippen LogP contribution in [0.3, 0.4) is 0 Å². The third-order valence-corrected chi connectivity index (χ3v) is 4.91. The van der Waals surface area contributed by atoms with Crippen LogP contribution in [-0.4, -0.2) is 31.7 Å². The molecule has 0 bridgehead atoms. The number of aryl methyl sites for hydroxylation is 1. The first-order chi connectivity index (χ1) is 10.0. The van der Waals surface area contributed by atoms with E-state index >= 15 is 0 Å². The molecule has 0 saturated carbocycles. The normalized spacial score (nSPS) is 11.5. The Morgan fingerprint density at radius 3 is 2.62 bits per heavy atom. The average molecular weight is 328 g/mol. The van der Waals surface area contributed by atoms with Gasteiger partial charge in [0.05, 0.1) is 18.0 Å². The van der Waals surface area contributed by atoms with Crippen LogP contribution in [0.25, 0.3) is 0 Å². The van der Waals surface area contributed by atoms with E-state index in [1.54, 1.807) is 18.3 Å². The zero-order chi connectivity index (χ0) is 15.3. The van der Waals surface area contributed by atoms with Gasteiger partial charge >= 0.3 is 0 Å². The molecule has 6 nitrogen and oxygen atoms in total. The second-order valence-corrected chi connectivity index (χ2v) is 7.32. The summed E-state index contributed by atoms with van der Waals surface area (Å²) in [4.78, 5) is 5.30. The number of rotatable bonds is 7. The third-order valence-electron chi connectivity index (χ3n) is 2.58. The maximum atomic E-state index is 12.1. The molecule has 0 unspecified atom stereocenters. The minimum Gasteiger partial charge on any atom is -0.491 e. The van der Waals surface area contributed by atoms with E-state index in [0.717, 1.165) is 9.88 Å². The molecular weight excluding hydrogens is 312 g/mol. The SMILES string of the molecule is Cc1cnc(CNS(=O)(=O)c2ccc(OCCO)cc2)s1. The molecular formula is C13H16N2O4S2. The number of sulfonamides is 1. The minimum atomic E-state index is -3.57. The van der Waals surface area contributed by atoms with E-state index < -0.39 is 10.0 Å². The highest BCUT2D eigenvalue weighted by atomic mass is 32.2. The quantitative estimate of drug-likeness (QED) is 0.800. The molecule has 0 spiro atoms. The van der Waals surface area contributed by atoms with Crippen LogP contribution in [0.4, 0.5) is 0 Å². The average Bonchev–Trinajstić information content (AvgIpc) is 2.89. The lowest BCUT2D eigenvalue weighted by Crippen LogP contribution is -2.23. The maximum Gasteiger partial charge on any atom is 0.240 e. The highest BCUT2D eigenvalue weighted by Crippen LogP contribution is 2.17. The summed E-state index contributed by atoms with van der Waals surface area (Å²) in [6.45, 7) is 2.17. The van der Waals surface area contributed by atoms with Crippen LogP contribution in [0.15, 0.2) is 35.4 Å². The largest absolute Gasteiger partial charge is 0.491 e. The molecule has 0 saturated heterocycles. The first-order valence-electron chi connectivity index (χ1n) is 6.26. The summed E-state index contributed by atoms with van der Waals surface area (Å²) >= 11 is 1.45. The van der Waals surface area contributed by atoms with Gasteiger partial charge in [0.1, 0.15) is 17.4 Å². The first kappa shape index (κ1) is 15.9. The molecule has 0 aliphatic rings. The fourth-order valence-electron chi connectivity index (χ4n) is 1.60. The number of aliphatic hydroxyl groups is 1.